The summed E-state index contributed by atoms with van der Waals surface area (Å²) in [6.45, 7) is 6.61. The number of methoxy groups -OCH3 is 1. The SMILES string of the molecule is C=C[C@@H](COC)N1Cc2ccccc2C1. The van der Waals surface area contributed by atoms with Crippen molar-refractivity contribution < 1.29 is 4.74 Å². The summed E-state index contributed by atoms with van der Waals surface area (Å²) in [4.78, 5) is 2.39. The lowest BCUT2D eigenvalue weighted by Gasteiger charge is -2.23. The van der Waals surface area contributed by atoms with Crippen molar-refractivity contribution in [3.63, 3.8) is 0 Å². The summed E-state index contributed by atoms with van der Waals surface area (Å²) in [5, 5.41) is 0. The topological polar surface area (TPSA) is 12.5 Å². The van der Waals surface area contributed by atoms with Crippen LogP contribution in [-0.2, 0) is 17.8 Å². The Morgan fingerprint density at radius 1 is 1.40 bits per heavy atom. The molecule has 1 aliphatic heterocycles. The van der Waals surface area contributed by atoms with E-state index in [0.717, 1.165) is 19.7 Å². The lowest BCUT2D eigenvalue weighted by atomic mass is 10.1. The highest BCUT2D eigenvalue weighted by molar-refractivity contribution is 5.30. The number of ether oxygens (including phenoxy) is 1. The summed E-state index contributed by atoms with van der Waals surface area (Å²) in [6.07, 6.45) is 1.97. The molecule has 0 bridgehead atoms. The minimum atomic E-state index is 0.322. The van der Waals surface area contributed by atoms with E-state index in [1.807, 2.05) is 6.08 Å². The Morgan fingerprint density at radius 2 is 2.00 bits per heavy atom. The van der Waals surface area contributed by atoms with Crippen LogP contribution in [0.25, 0.3) is 0 Å². The van der Waals surface area contributed by atoms with Gasteiger partial charge in [0, 0.05) is 20.2 Å². The molecule has 0 amide bonds. The zero-order chi connectivity index (χ0) is 10.7. The normalized spacial score (nSPS) is 17.4. The molecule has 1 aliphatic rings. The van der Waals surface area contributed by atoms with Crippen LogP contribution in [0.3, 0.4) is 0 Å². The molecule has 0 N–H and O–H groups in total. The molecule has 2 heteroatoms. The van der Waals surface area contributed by atoms with Gasteiger partial charge in [-0.1, -0.05) is 30.3 Å². The Kier molecular flexibility index (Phi) is 3.19. The van der Waals surface area contributed by atoms with Gasteiger partial charge in [0.15, 0.2) is 0 Å². The van der Waals surface area contributed by atoms with Crippen molar-refractivity contribution in [2.45, 2.75) is 19.1 Å². The van der Waals surface area contributed by atoms with Crippen LogP contribution in [0.5, 0.6) is 0 Å². The fourth-order valence-electron chi connectivity index (χ4n) is 2.09. The van der Waals surface area contributed by atoms with Gasteiger partial charge in [-0.25, -0.2) is 0 Å². The fourth-order valence-corrected chi connectivity index (χ4v) is 2.09. The minimum Gasteiger partial charge on any atom is -0.383 e. The van der Waals surface area contributed by atoms with Gasteiger partial charge in [0.2, 0.25) is 0 Å². The van der Waals surface area contributed by atoms with Crippen LogP contribution in [0.4, 0.5) is 0 Å². The molecule has 0 radical (unpaired) electrons. The first kappa shape index (κ1) is 10.4. The van der Waals surface area contributed by atoms with Crippen LogP contribution in [0.1, 0.15) is 11.1 Å². The maximum absolute atomic E-state index is 5.19. The number of benzene rings is 1. The third-order valence-electron chi connectivity index (χ3n) is 2.94. The van der Waals surface area contributed by atoms with Gasteiger partial charge in [-0.15, -0.1) is 6.58 Å². The maximum Gasteiger partial charge on any atom is 0.0654 e. The Balaban J connectivity index is 2.08. The first-order valence-corrected chi connectivity index (χ1v) is 5.27. The zero-order valence-corrected chi connectivity index (χ0v) is 9.15. The van der Waals surface area contributed by atoms with E-state index in [9.17, 15) is 0 Å². The van der Waals surface area contributed by atoms with Crippen molar-refractivity contribution >= 4 is 0 Å². The van der Waals surface area contributed by atoms with E-state index in [1.54, 1.807) is 7.11 Å². The van der Waals surface area contributed by atoms with Crippen molar-refractivity contribution in [1.29, 1.82) is 0 Å². The Hall–Kier alpha value is -1.12. The van der Waals surface area contributed by atoms with E-state index in [0.29, 0.717) is 6.04 Å². The highest BCUT2D eigenvalue weighted by atomic mass is 16.5. The van der Waals surface area contributed by atoms with Crippen LogP contribution < -0.4 is 0 Å². The quantitative estimate of drug-likeness (QED) is 0.696. The summed E-state index contributed by atoms with van der Waals surface area (Å²) in [5.74, 6) is 0. The van der Waals surface area contributed by atoms with Crippen LogP contribution in [0.2, 0.25) is 0 Å². The van der Waals surface area contributed by atoms with Gasteiger partial charge in [-0.05, 0) is 11.1 Å². The van der Waals surface area contributed by atoms with Crippen molar-refractivity contribution in [3.8, 4) is 0 Å². The predicted octanol–water partition coefficient (Wildman–Crippen LogP) is 2.20. The van der Waals surface area contributed by atoms with Crippen LogP contribution >= 0.6 is 0 Å². The van der Waals surface area contributed by atoms with Crippen molar-refractivity contribution in [2.24, 2.45) is 0 Å². The van der Waals surface area contributed by atoms with Gasteiger partial charge < -0.3 is 4.74 Å². The summed E-state index contributed by atoms with van der Waals surface area (Å²) in [5.41, 5.74) is 2.86. The lowest BCUT2D eigenvalue weighted by Crippen LogP contribution is -2.32. The second-order valence-electron chi connectivity index (χ2n) is 3.93. The van der Waals surface area contributed by atoms with Crippen molar-refractivity contribution in [1.82, 2.24) is 4.90 Å². The summed E-state index contributed by atoms with van der Waals surface area (Å²) >= 11 is 0. The van der Waals surface area contributed by atoms with Gasteiger partial charge in [0.25, 0.3) is 0 Å². The standard InChI is InChI=1S/C13H17NO/c1-3-13(10-15-2)14-8-11-6-4-5-7-12(11)9-14/h3-7,13H,1,8-10H2,2H3/t13-/m0/s1. The number of hydrogen-bond acceptors (Lipinski definition) is 2. The Labute approximate surface area is 91.2 Å². The van der Waals surface area contributed by atoms with Crippen molar-refractivity contribution in [3.05, 3.63) is 48.0 Å². The smallest absolute Gasteiger partial charge is 0.0654 e. The number of fused-ring (bicyclic) bond motifs is 1. The molecular formula is C13H17NO. The first-order chi connectivity index (χ1) is 7.35. The highest BCUT2D eigenvalue weighted by Crippen LogP contribution is 2.24. The summed E-state index contributed by atoms with van der Waals surface area (Å²) in [6, 6.07) is 8.91. The Morgan fingerprint density at radius 3 is 2.47 bits per heavy atom. The van der Waals surface area contributed by atoms with Crippen LogP contribution in [0, 0.1) is 0 Å². The third-order valence-corrected chi connectivity index (χ3v) is 2.94. The number of rotatable bonds is 4. The molecular weight excluding hydrogens is 186 g/mol. The van der Waals surface area contributed by atoms with E-state index in [2.05, 4.69) is 35.7 Å². The van der Waals surface area contributed by atoms with Crippen LogP contribution in [-0.4, -0.2) is 24.7 Å². The lowest BCUT2D eigenvalue weighted by molar-refractivity contribution is 0.112. The van der Waals surface area contributed by atoms with E-state index >= 15 is 0 Å². The first-order valence-electron chi connectivity index (χ1n) is 5.27. The van der Waals surface area contributed by atoms with E-state index < -0.39 is 0 Å². The second kappa shape index (κ2) is 4.60. The number of hydrogen-bond donors (Lipinski definition) is 0. The van der Waals surface area contributed by atoms with Gasteiger partial charge in [0.05, 0.1) is 12.6 Å². The van der Waals surface area contributed by atoms with E-state index in [1.165, 1.54) is 11.1 Å². The average molecular weight is 203 g/mol. The Bertz CT molecular complexity index is 323. The molecule has 0 fully saturated rings. The second-order valence-corrected chi connectivity index (χ2v) is 3.93. The predicted molar refractivity (Wildman–Crippen MR) is 61.6 cm³/mol. The molecule has 1 heterocycles. The molecule has 0 aliphatic carbocycles. The molecule has 1 aromatic carbocycles. The maximum atomic E-state index is 5.19. The molecule has 0 saturated heterocycles. The average Bonchev–Trinajstić information content (AvgIpc) is 2.69. The zero-order valence-electron chi connectivity index (χ0n) is 9.15. The van der Waals surface area contributed by atoms with E-state index in [-0.39, 0.29) is 0 Å². The van der Waals surface area contributed by atoms with E-state index in [4.69, 9.17) is 4.74 Å². The summed E-state index contributed by atoms with van der Waals surface area (Å²) < 4.78 is 5.19. The monoisotopic (exact) mass is 203 g/mol. The fraction of sp³-hybridized carbons (Fsp3) is 0.385. The molecule has 2 rings (SSSR count). The minimum absolute atomic E-state index is 0.322. The van der Waals surface area contributed by atoms with Gasteiger partial charge in [-0.2, -0.15) is 0 Å². The molecule has 0 unspecified atom stereocenters. The molecule has 1 aromatic rings. The highest BCUT2D eigenvalue weighted by Gasteiger charge is 2.23. The molecule has 1 atom stereocenters. The molecule has 80 valence electrons. The molecule has 0 saturated carbocycles. The summed E-state index contributed by atoms with van der Waals surface area (Å²) in [7, 11) is 1.74. The van der Waals surface area contributed by atoms with Crippen molar-refractivity contribution in [2.75, 3.05) is 13.7 Å². The molecule has 15 heavy (non-hydrogen) atoms. The van der Waals surface area contributed by atoms with Gasteiger partial charge >= 0.3 is 0 Å². The van der Waals surface area contributed by atoms with Crippen LogP contribution in [0.15, 0.2) is 36.9 Å². The largest absolute Gasteiger partial charge is 0.383 e. The number of nitrogens with zero attached hydrogens (tertiary/aromatic N) is 1. The molecule has 0 spiro atoms. The molecule has 2 nitrogen and oxygen atoms in total. The van der Waals surface area contributed by atoms with Gasteiger partial charge in [0.1, 0.15) is 0 Å². The van der Waals surface area contributed by atoms with Gasteiger partial charge in [-0.3, -0.25) is 4.90 Å². The molecule has 0 aromatic heterocycles. The third kappa shape index (κ3) is 2.11.